The molecule has 19 heavy (non-hydrogen) atoms. The molecule has 104 valence electrons. The van der Waals surface area contributed by atoms with Gasteiger partial charge < -0.3 is 10.0 Å². The summed E-state index contributed by atoms with van der Waals surface area (Å²) in [4.78, 5) is 23.4. The Morgan fingerprint density at radius 2 is 2.21 bits per heavy atom. The van der Waals surface area contributed by atoms with E-state index in [9.17, 15) is 14.9 Å². The summed E-state index contributed by atoms with van der Waals surface area (Å²) in [7, 11) is 1.86. The van der Waals surface area contributed by atoms with Crippen molar-refractivity contribution in [1.82, 2.24) is 4.90 Å². The standard InChI is InChI=1S/C12H16N2O4S/c1-13(6-7-19-2)8-9-4-3-5-10(14(17)18)11(9)12(15)16/h3-5H,6-8H2,1-2H3,(H,15,16). The van der Waals surface area contributed by atoms with Gasteiger partial charge >= 0.3 is 5.97 Å². The lowest BCUT2D eigenvalue weighted by Crippen LogP contribution is -2.22. The van der Waals surface area contributed by atoms with Crippen molar-refractivity contribution >= 4 is 23.4 Å². The van der Waals surface area contributed by atoms with Gasteiger partial charge in [0.1, 0.15) is 5.56 Å². The van der Waals surface area contributed by atoms with E-state index >= 15 is 0 Å². The zero-order chi connectivity index (χ0) is 14.4. The number of nitrogens with zero attached hydrogens (tertiary/aromatic N) is 2. The van der Waals surface area contributed by atoms with Gasteiger partial charge in [-0.25, -0.2) is 4.79 Å². The molecule has 0 saturated carbocycles. The van der Waals surface area contributed by atoms with Crippen molar-refractivity contribution in [2.45, 2.75) is 6.54 Å². The van der Waals surface area contributed by atoms with E-state index in [1.54, 1.807) is 17.8 Å². The molecule has 0 aliphatic rings. The van der Waals surface area contributed by atoms with Crippen molar-refractivity contribution in [2.24, 2.45) is 0 Å². The van der Waals surface area contributed by atoms with Gasteiger partial charge in [-0.2, -0.15) is 11.8 Å². The maximum absolute atomic E-state index is 11.2. The van der Waals surface area contributed by atoms with Crippen LogP contribution in [0.3, 0.4) is 0 Å². The molecule has 0 atom stereocenters. The molecule has 1 aromatic carbocycles. The lowest BCUT2D eigenvalue weighted by Gasteiger charge is -2.17. The zero-order valence-electron chi connectivity index (χ0n) is 10.8. The Balaban J connectivity index is 3.03. The largest absolute Gasteiger partial charge is 0.477 e. The summed E-state index contributed by atoms with van der Waals surface area (Å²) in [6.45, 7) is 1.17. The number of carbonyl (C=O) groups is 1. The molecular weight excluding hydrogens is 268 g/mol. The second kappa shape index (κ2) is 7.10. The van der Waals surface area contributed by atoms with Crippen molar-refractivity contribution < 1.29 is 14.8 Å². The average Bonchev–Trinajstić information content (AvgIpc) is 2.35. The third-order valence-electron chi connectivity index (χ3n) is 2.66. The van der Waals surface area contributed by atoms with Crippen LogP contribution >= 0.6 is 11.8 Å². The Labute approximate surface area is 115 Å². The van der Waals surface area contributed by atoms with Crippen LogP contribution in [-0.4, -0.2) is 46.5 Å². The monoisotopic (exact) mass is 284 g/mol. The quantitative estimate of drug-likeness (QED) is 0.609. The molecule has 0 radical (unpaired) electrons. The Kier molecular flexibility index (Phi) is 5.78. The maximum Gasteiger partial charge on any atom is 0.343 e. The van der Waals surface area contributed by atoms with Gasteiger partial charge in [0.05, 0.1) is 4.92 Å². The summed E-state index contributed by atoms with van der Waals surface area (Å²) in [6.07, 6.45) is 1.99. The Hall–Kier alpha value is -1.60. The van der Waals surface area contributed by atoms with Crippen LogP contribution in [0.2, 0.25) is 0 Å². The smallest absolute Gasteiger partial charge is 0.343 e. The van der Waals surface area contributed by atoms with Crippen molar-refractivity contribution in [3.63, 3.8) is 0 Å². The molecule has 0 saturated heterocycles. The molecule has 0 amide bonds. The van der Waals surface area contributed by atoms with E-state index in [1.807, 2.05) is 18.2 Å². The fraction of sp³-hybridized carbons (Fsp3) is 0.417. The third kappa shape index (κ3) is 4.22. The summed E-state index contributed by atoms with van der Waals surface area (Å²) in [6, 6.07) is 4.35. The van der Waals surface area contributed by atoms with Gasteiger partial charge in [-0.1, -0.05) is 12.1 Å². The van der Waals surface area contributed by atoms with E-state index in [0.717, 1.165) is 12.3 Å². The first-order valence-electron chi connectivity index (χ1n) is 5.64. The van der Waals surface area contributed by atoms with Gasteiger partial charge in [0, 0.05) is 24.9 Å². The molecule has 1 aromatic rings. The molecule has 0 heterocycles. The van der Waals surface area contributed by atoms with Crippen molar-refractivity contribution in [3.05, 3.63) is 39.4 Å². The van der Waals surface area contributed by atoms with E-state index in [2.05, 4.69) is 0 Å². The summed E-state index contributed by atoms with van der Waals surface area (Å²) in [5, 5.41) is 20.0. The van der Waals surface area contributed by atoms with Crippen LogP contribution in [0.5, 0.6) is 0 Å². The van der Waals surface area contributed by atoms with Crippen LogP contribution in [0.15, 0.2) is 18.2 Å². The van der Waals surface area contributed by atoms with Crippen LogP contribution in [0.25, 0.3) is 0 Å². The number of rotatable bonds is 7. The normalized spacial score (nSPS) is 10.7. The number of nitro benzene ring substituents is 1. The molecule has 0 aliphatic carbocycles. The van der Waals surface area contributed by atoms with E-state index in [0.29, 0.717) is 12.1 Å². The third-order valence-corrected chi connectivity index (χ3v) is 3.25. The molecule has 0 fully saturated rings. The lowest BCUT2D eigenvalue weighted by molar-refractivity contribution is -0.385. The van der Waals surface area contributed by atoms with Gasteiger partial charge in [-0.05, 0) is 18.9 Å². The minimum Gasteiger partial charge on any atom is -0.477 e. The highest BCUT2D eigenvalue weighted by molar-refractivity contribution is 7.98. The highest BCUT2D eigenvalue weighted by Crippen LogP contribution is 2.23. The summed E-state index contributed by atoms with van der Waals surface area (Å²) < 4.78 is 0. The molecular formula is C12H16N2O4S. The zero-order valence-corrected chi connectivity index (χ0v) is 11.6. The second-order valence-corrected chi connectivity index (χ2v) is 5.09. The Morgan fingerprint density at radius 1 is 1.53 bits per heavy atom. The highest BCUT2D eigenvalue weighted by atomic mass is 32.2. The van der Waals surface area contributed by atoms with Gasteiger partial charge in [-0.3, -0.25) is 10.1 Å². The minimum atomic E-state index is -1.26. The van der Waals surface area contributed by atoms with Crippen LogP contribution in [0, 0.1) is 10.1 Å². The number of hydrogen-bond acceptors (Lipinski definition) is 5. The van der Waals surface area contributed by atoms with Crippen molar-refractivity contribution in [3.8, 4) is 0 Å². The number of carboxylic acids is 1. The van der Waals surface area contributed by atoms with Gasteiger partial charge in [0.15, 0.2) is 0 Å². The van der Waals surface area contributed by atoms with Crippen LogP contribution < -0.4 is 0 Å². The predicted molar refractivity (Wildman–Crippen MR) is 74.8 cm³/mol. The number of benzene rings is 1. The molecule has 1 N–H and O–H groups in total. The first-order valence-corrected chi connectivity index (χ1v) is 7.03. The lowest BCUT2D eigenvalue weighted by atomic mass is 10.1. The SMILES string of the molecule is CSCCN(C)Cc1cccc([N+](=O)[O-])c1C(=O)O. The first-order chi connectivity index (χ1) is 8.97. The molecule has 0 spiro atoms. The Morgan fingerprint density at radius 3 is 2.74 bits per heavy atom. The molecule has 1 rings (SSSR count). The molecule has 0 bridgehead atoms. The molecule has 0 aromatic heterocycles. The fourth-order valence-electron chi connectivity index (χ4n) is 1.73. The Bertz CT molecular complexity index is 479. The average molecular weight is 284 g/mol. The van der Waals surface area contributed by atoms with Crippen LogP contribution in [0.4, 0.5) is 5.69 Å². The van der Waals surface area contributed by atoms with E-state index in [4.69, 9.17) is 5.11 Å². The minimum absolute atomic E-state index is 0.219. The number of nitro groups is 1. The number of aromatic carboxylic acids is 1. The fourth-order valence-corrected chi connectivity index (χ4v) is 2.23. The number of carboxylic acid groups (broad SMARTS) is 1. The number of thioether (sulfide) groups is 1. The van der Waals surface area contributed by atoms with Crippen molar-refractivity contribution in [2.75, 3.05) is 25.6 Å². The summed E-state index contributed by atoms with van der Waals surface area (Å²) in [5.41, 5.74) is -0.114. The predicted octanol–water partition coefficient (Wildman–Crippen LogP) is 2.09. The summed E-state index contributed by atoms with van der Waals surface area (Å²) in [5.74, 6) is -0.339. The number of hydrogen-bond donors (Lipinski definition) is 1. The van der Waals surface area contributed by atoms with Gasteiger partial charge in [-0.15, -0.1) is 0 Å². The summed E-state index contributed by atoms with van der Waals surface area (Å²) >= 11 is 1.69. The molecule has 6 nitrogen and oxygen atoms in total. The van der Waals surface area contributed by atoms with E-state index < -0.39 is 10.9 Å². The topological polar surface area (TPSA) is 83.7 Å². The van der Waals surface area contributed by atoms with Crippen LogP contribution in [-0.2, 0) is 6.54 Å². The molecule has 0 aliphatic heterocycles. The van der Waals surface area contributed by atoms with Crippen molar-refractivity contribution in [1.29, 1.82) is 0 Å². The van der Waals surface area contributed by atoms with E-state index in [-0.39, 0.29) is 11.3 Å². The molecule has 0 unspecified atom stereocenters. The van der Waals surface area contributed by atoms with Gasteiger partial charge in [0.2, 0.25) is 0 Å². The maximum atomic E-state index is 11.2. The van der Waals surface area contributed by atoms with Gasteiger partial charge in [0.25, 0.3) is 5.69 Å². The first kappa shape index (κ1) is 15.5. The second-order valence-electron chi connectivity index (χ2n) is 4.10. The van der Waals surface area contributed by atoms with Crippen LogP contribution in [0.1, 0.15) is 15.9 Å². The molecule has 7 heteroatoms. The highest BCUT2D eigenvalue weighted by Gasteiger charge is 2.23. The van der Waals surface area contributed by atoms with E-state index in [1.165, 1.54) is 12.1 Å².